The Hall–Kier alpha value is -1.60. The maximum Gasteiger partial charge on any atom is 0.128 e. The number of hydrogen-bond donors (Lipinski definition) is 0. The molecule has 0 saturated heterocycles. The summed E-state index contributed by atoms with van der Waals surface area (Å²) >= 11 is 0. The highest BCUT2D eigenvalue weighted by Crippen LogP contribution is 2.11. The van der Waals surface area contributed by atoms with E-state index in [1.165, 1.54) is 0 Å². The van der Waals surface area contributed by atoms with Crippen molar-refractivity contribution in [1.82, 2.24) is 9.88 Å². The predicted octanol–water partition coefficient (Wildman–Crippen LogP) is 2.51. The monoisotopic (exact) mass is 260 g/mol. The van der Waals surface area contributed by atoms with Gasteiger partial charge in [0.2, 0.25) is 0 Å². The fourth-order valence-corrected chi connectivity index (χ4v) is 2.10. The zero-order valence-electron chi connectivity index (χ0n) is 12.3. The molecule has 0 aliphatic rings. The van der Waals surface area contributed by atoms with Crippen molar-refractivity contribution in [2.75, 3.05) is 37.6 Å². The normalized spacial score (nSPS) is 10.5. The lowest BCUT2D eigenvalue weighted by molar-refractivity contribution is 0.300. The molecule has 0 saturated carbocycles. The Morgan fingerprint density at radius 1 is 1.11 bits per heavy atom. The maximum atomic E-state index is 8.77. The van der Waals surface area contributed by atoms with Gasteiger partial charge in [0.1, 0.15) is 11.9 Å². The molecule has 0 bridgehead atoms. The van der Waals surface area contributed by atoms with Gasteiger partial charge in [-0.2, -0.15) is 5.26 Å². The standard InChI is InChI=1S/C15H24N4/c1-4-18(5-2)10-7-11-19(6-3)15-9-8-14(12-16)13-17-15/h8-9,13H,4-7,10-11H2,1-3H3. The molecule has 4 nitrogen and oxygen atoms in total. The van der Waals surface area contributed by atoms with E-state index < -0.39 is 0 Å². The number of anilines is 1. The summed E-state index contributed by atoms with van der Waals surface area (Å²) in [5.74, 6) is 0.959. The van der Waals surface area contributed by atoms with Crippen molar-refractivity contribution in [3.8, 4) is 6.07 Å². The van der Waals surface area contributed by atoms with Crippen LogP contribution in [-0.4, -0.2) is 42.6 Å². The second-order valence-electron chi connectivity index (χ2n) is 4.48. The van der Waals surface area contributed by atoms with Gasteiger partial charge in [-0.15, -0.1) is 0 Å². The Kier molecular flexibility index (Phi) is 6.91. The van der Waals surface area contributed by atoms with Crippen LogP contribution in [0.3, 0.4) is 0 Å². The molecule has 0 radical (unpaired) electrons. The summed E-state index contributed by atoms with van der Waals surface area (Å²) in [5.41, 5.74) is 0.614. The van der Waals surface area contributed by atoms with Crippen LogP contribution in [0.1, 0.15) is 32.8 Å². The van der Waals surface area contributed by atoms with E-state index in [1.54, 1.807) is 6.20 Å². The molecule has 0 spiro atoms. The lowest BCUT2D eigenvalue weighted by Gasteiger charge is -2.24. The van der Waals surface area contributed by atoms with E-state index in [2.05, 4.69) is 41.6 Å². The first-order valence-corrected chi connectivity index (χ1v) is 7.08. The Balaban J connectivity index is 2.51. The Morgan fingerprint density at radius 2 is 1.84 bits per heavy atom. The van der Waals surface area contributed by atoms with Gasteiger partial charge < -0.3 is 9.80 Å². The first kappa shape index (κ1) is 15.5. The molecule has 0 aliphatic heterocycles. The van der Waals surface area contributed by atoms with E-state index in [0.717, 1.165) is 45.0 Å². The summed E-state index contributed by atoms with van der Waals surface area (Å²) in [6.45, 7) is 11.8. The number of rotatable bonds is 8. The SMILES string of the molecule is CCN(CC)CCCN(CC)c1ccc(C#N)cn1. The van der Waals surface area contributed by atoms with E-state index in [0.29, 0.717) is 5.56 Å². The van der Waals surface area contributed by atoms with Gasteiger partial charge in [-0.1, -0.05) is 13.8 Å². The summed E-state index contributed by atoms with van der Waals surface area (Å²) in [7, 11) is 0. The number of aromatic nitrogens is 1. The molecule has 1 rings (SSSR count). The van der Waals surface area contributed by atoms with Crippen LogP contribution >= 0.6 is 0 Å². The van der Waals surface area contributed by atoms with Gasteiger partial charge in [-0.3, -0.25) is 0 Å². The zero-order chi connectivity index (χ0) is 14.1. The molecule has 0 atom stereocenters. The molecule has 4 heteroatoms. The van der Waals surface area contributed by atoms with E-state index in [-0.39, 0.29) is 0 Å². The van der Waals surface area contributed by atoms with Gasteiger partial charge in [0.15, 0.2) is 0 Å². The van der Waals surface area contributed by atoms with E-state index in [4.69, 9.17) is 5.26 Å². The van der Waals surface area contributed by atoms with Crippen molar-refractivity contribution in [3.05, 3.63) is 23.9 Å². The molecule has 1 heterocycles. The van der Waals surface area contributed by atoms with Crippen LogP contribution in [-0.2, 0) is 0 Å². The van der Waals surface area contributed by atoms with Crippen LogP contribution < -0.4 is 4.90 Å². The lowest BCUT2D eigenvalue weighted by Crippen LogP contribution is -2.30. The molecule has 1 aromatic heterocycles. The van der Waals surface area contributed by atoms with Gasteiger partial charge >= 0.3 is 0 Å². The minimum atomic E-state index is 0.614. The van der Waals surface area contributed by atoms with Crippen molar-refractivity contribution < 1.29 is 0 Å². The highest BCUT2D eigenvalue weighted by atomic mass is 15.2. The summed E-state index contributed by atoms with van der Waals surface area (Å²) in [6, 6.07) is 5.86. The van der Waals surface area contributed by atoms with Crippen molar-refractivity contribution in [2.45, 2.75) is 27.2 Å². The molecular weight excluding hydrogens is 236 g/mol. The number of pyridine rings is 1. The smallest absolute Gasteiger partial charge is 0.128 e. The molecule has 0 unspecified atom stereocenters. The van der Waals surface area contributed by atoms with Crippen molar-refractivity contribution in [1.29, 1.82) is 5.26 Å². The lowest BCUT2D eigenvalue weighted by atomic mass is 10.3. The third-order valence-corrected chi connectivity index (χ3v) is 3.38. The van der Waals surface area contributed by atoms with Crippen LogP contribution in [0, 0.1) is 11.3 Å². The average Bonchev–Trinajstić information content (AvgIpc) is 2.48. The third kappa shape index (κ3) is 4.88. The highest BCUT2D eigenvalue weighted by molar-refractivity contribution is 5.41. The second-order valence-corrected chi connectivity index (χ2v) is 4.48. The van der Waals surface area contributed by atoms with E-state index in [1.807, 2.05) is 12.1 Å². The van der Waals surface area contributed by atoms with Gasteiger partial charge in [-0.05, 0) is 45.1 Å². The van der Waals surface area contributed by atoms with Gasteiger partial charge in [-0.25, -0.2) is 4.98 Å². The molecule has 19 heavy (non-hydrogen) atoms. The fraction of sp³-hybridized carbons (Fsp3) is 0.600. The molecular formula is C15H24N4. The van der Waals surface area contributed by atoms with Crippen LogP contribution in [0.25, 0.3) is 0 Å². The highest BCUT2D eigenvalue weighted by Gasteiger charge is 2.06. The summed E-state index contributed by atoms with van der Waals surface area (Å²) in [5, 5.41) is 8.77. The quantitative estimate of drug-likeness (QED) is 0.720. The van der Waals surface area contributed by atoms with Crippen LogP contribution in [0.4, 0.5) is 5.82 Å². The topological polar surface area (TPSA) is 43.2 Å². The Labute approximate surface area is 116 Å². The Morgan fingerprint density at radius 3 is 2.32 bits per heavy atom. The van der Waals surface area contributed by atoms with Gasteiger partial charge in [0.25, 0.3) is 0 Å². The third-order valence-electron chi connectivity index (χ3n) is 3.38. The minimum Gasteiger partial charge on any atom is -0.357 e. The minimum absolute atomic E-state index is 0.614. The molecule has 0 aromatic carbocycles. The van der Waals surface area contributed by atoms with Crippen molar-refractivity contribution in [3.63, 3.8) is 0 Å². The van der Waals surface area contributed by atoms with Crippen molar-refractivity contribution >= 4 is 5.82 Å². The number of hydrogen-bond acceptors (Lipinski definition) is 4. The summed E-state index contributed by atoms with van der Waals surface area (Å²) < 4.78 is 0. The molecule has 1 aromatic rings. The largest absolute Gasteiger partial charge is 0.357 e. The first-order chi connectivity index (χ1) is 9.24. The molecule has 0 amide bonds. The maximum absolute atomic E-state index is 8.77. The Bertz CT molecular complexity index is 390. The predicted molar refractivity (Wildman–Crippen MR) is 79.2 cm³/mol. The molecule has 0 fully saturated rings. The number of nitrogens with zero attached hydrogens (tertiary/aromatic N) is 4. The van der Waals surface area contributed by atoms with Crippen LogP contribution in [0.5, 0.6) is 0 Å². The van der Waals surface area contributed by atoms with Crippen molar-refractivity contribution in [2.24, 2.45) is 0 Å². The molecule has 104 valence electrons. The summed E-state index contributed by atoms with van der Waals surface area (Å²) in [6.07, 6.45) is 2.78. The first-order valence-electron chi connectivity index (χ1n) is 7.08. The average molecular weight is 260 g/mol. The van der Waals surface area contributed by atoms with Gasteiger partial charge in [0, 0.05) is 19.3 Å². The number of nitriles is 1. The second kappa shape index (κ2) is 8.49. The van der Waals surface area contributed by atoms with Crippen LogP contribution in [0.2, 0.25) is 0 Å². The van der Waals surface area contributed by atoms with E-state index in [9.17, 15) is 0 Å². The zero-order valence-corrected chi connectivity index (χ0v) is 12.3. The van der Waals surface area contributed by atoms with Gasteiger partial charge in [0.05, 0.1) is 5.56 Å². The summed E-state index contributed by atoms with van der Waals surface area (Å²) in [4.78, 5) is 9.03. The fourth-order valence-electron chi connectivity index (χ4n) is 2.10. The molecule has 0 N–H and O–H groups in total. The van der Waals surface area contributed by atoms with E-state index >= 15 is 0 Å². The molecule has 0 aliphatic carbocycles. The van der Waals surface area contributed by atoms with Crippen LogP contribution in [0.15, 0.2) is 18.3 Å².